The maximum Gasteiger partial charge on any atom is 0.326 e. The van der Waals surface area contributed by atoms with E-state index >= 15 is 0 Å². The summed E-state index contributed by atoms with van der Waals surface area (Å²) in [5.74, 6) is -3.83. The molecular formula is C21H29ClN2O6. The first-order valence-electron chi connectivity index (χ1n) is 9.72. The molecule has 1 rings (SSSR count). The molecule has 3 atom stereocenters. The van der Waals surface area contributed by atoms with Crippen molar-refractivity contribution < 1.29 is 29.4 Å². The van der Waals surface area contributed by atoms with Crippen molar-refractivity contribution >= 4 is 35.4 Å². The van der Waals surface area contributed by atoms with Gasteiger partial charge in [-0.1, -0.05) is 44.0 Å². The first kappa shape index (κ1) is 25.4. The lowest BCUT2D eigenvalue weighted by Crippen LogP contribution is -2.56. The average molecular weight is 441 g/mol. The minimum Gasteiger partial charge on any atom is -0.481 e. The number of amides is 2. The maximum atomic E-state index is 13.0. The predicted octanol–water partition coefficient (Wildman–Crippen LogP) is 2.58. The largest absolute Gasteiger partial charge is 0.481 e. The SMILES string of the molecule is CC[C@H](C)[C@H](NC(=O)C(C)(C)c1ccc(Cl)cc1)C(=O)N[C@H](CCC(=O)O)C(=O)O. The molecule has 0 saturated heterocycles. The monoisotopic (exact) mass is 440 g/mol. The van der Waals surface area contributed by atoms with E-state index in [1.165, 1.54) is 0 Å². The van der Waals surface area contributed by atoms with E-state index in [0.717, 1.165) is 0 Å². The zero-order valence-corrected chi connectivity index (χ0v) is 18.3. The van der Waals surface area contributed by atoms with Crippen molar-refractivity contribution in [2.75, 3.05) is 0 Å². The van der Waals surface area contributed by atoms with E-state index in [-0.39, 0.29) is 12.3 Å². The predicted molar refractivity (Wildman–Crippen MR) is 112 cm³/mol. The molecule has 30 heavy (non-hydrogen) atoms. The normalized spacial score (nSPS) is 14.3. The molecular weight excluding hydrogens is 412 g/mol. The van der Waals surface area contributed by atoms with Gasteiger partial charge >= 0.3 is 11.9 Å². The van der Waals surface area contributed by atoms with Gasteiger partial charge in [-0.3, -0.25) is 14.4 Å². The topological polar surface area (TPSA) is 133 Å². The Kier molecular flexibility index (Phi) is 9.29. The Morgan fingerprint density at radius 1 is 1.07 bits per heavy atom. The van der Waals surface area contributed by atoms with E-state index in [9.17, 15) is 24.3 Å². The van der Waals surface area contributed by atoms with Crippen LogP contribution in [0.25, 0.3) is 0 Å². The Hall–Kier alpha value is -2.61. The first-order chi connectivity index (χ1) is 13.9. The highest BCUT2D eigenvalue weighted by Gasteiger charge is 2.35. The number of halogens is 1. The molecule has 0 aliphatic carbocycles. The molecule has 4 N–H and O–H groups in total. The van der Waals surface area contributed by atoms with Crippen LogP contribution in [0.5, 0.6) is 0 Å². The summed E-state index contributed by atoms with van der Waals surface area (Å²) >= 11 is 5.91. The summed E-state index contributed by atoms with van der Waals surface area (Å²) in [6.45, 7) is 7.04. The van der Waals surface area contributed by atoms with Crippen molar-refractivity contribution in [1.29, 1.82) is 0 Å². The van der Waals surface area contributed by atoms with Gasteiger partial charge in [-0.15, -0.1) is 0 Å². The summed E-state index contributed by atoms with van der Waals surface area (Å²) < 4.78 is 0. The maximum absolute atomic E-state index is 13.0. The molecule has 166 valence electrons. The molecule has 0 saturated carbocycles. The molecule has 0 aliphatic heterocycles. The fourth-order valence-electron chi connectivity index (χ4n) is 2.81. The summed E-state index contributed by atoms with van der Waals surface area (Å²) in [6, 6.07) is 4.47. The molecule has 1 aromatic rings. The lowest BCUT2D eigenvalue weighted by molar-refractivity contribution is -0.143. The first-order valence-corrected chi connectivity index (χ1v) is 10.1. The fourth-order valence-corrected chi connectivity index (χ4v) is 2.93. The Labute approximate surface area is 181 Å². The summed E-state index contributed by atoms with van der Waals surface area (Å²) in [5, 5.41) is 23.7. The van der Waals surface area contributed by atoms with Crippen LogP contribution < -0.4 is 10.6 Å². The van der Waals surface area contributed by atoms with Gasteiger partial charge in [0.1, 0.15) is 12.1 Å². The van der Waals surface area contributed by atoms with Crippen LogP contribution in [0.4, 0.5) is 0 Å². The minimum absolute atomic E-state index is 0.256. The van der Waals surface area contributed by atoms with Crippen molar-refractivity contribution in [3.63, 3.8) is 0 Å². The number of nitrogens with one attached hydrogen (secondary N) is 2. The van der Waals surface area contributed by atoms with Gasteiger partial charge in [0.15, 0.2) is 0 Å². The number of aliphatic carboxylic acids is 2. The molecule has 0 spiro atoms. The molecule has 0 fully saturated rings. The summed E-state index contributed by atoms with van der Waals surface area (Å²) in [4.78, 5) is 47.9. The highest BCUT2D eigenvalue weighted by molar-refractivity contribution is 6.30. The molecule has 8 nitrogen and oxygen atoms in total. The van der Waals surface area contributed by atoms with Crippen molar-refractivity contribution in [3.8, 4) is 0 Å². The molecule has 0 bridgehead atoms. The van der Waals surface area contributed by atoms with Crippen LogP contribution in [0, 0.1) is 5.92 Å². The second-order valence-electron chi connectivity index (χ2n) is 7.80. The lowest BCUT2D eigenvalue weighted by atomic mass is 9.83. The van der Waals surface area contributed by atoms with Gasteiger partial charge in [-0.25, -0.2) is 4.79 Å². The number of benzene rings is 1. The summed E-state index contributed by atoms with van der Waals surface area (Å²) in [7, 11) is 0. The molecule has 0 aliphatic rings. The number of hydrogen-bond donors (Lipinski definition) is 4. The standard InChI is InChI=1S/C21H29ClN2O6/c1-5-12(2)17(18(27)23-15(19(28)29)10-11-16(25)26)24-20(30)21(3,4)13-6-8-14(22)9-7-13/h6-9,12,15,17H,5,10-11H2,1-4H3,(H,23,27)(H,24,30)(H,25,26)(H,28,29)/t12-,15+,17-/m0/s1. The molecule has 0 radical (unpaired) electrons. The molecule has 9 heteroatoms. The van der Waals surface area contributed by atoms with Gasteiger partial charge in [-0.2, -0.15) is 0 Å². The highest BCUT2D eigenvalue weighted by Crippen LogP contribution is 2.25. The zero-order valence-electron chi connectivity index (χ0n) is 17.6. The number of carbonyl (C=O) groups excluding carboxylic acids is 2. The molecule has 0 heterocycles. The Bertz CT molecular complexity index is 778. The highest BCUT2D eigenvalue weighted by atomic mass is 35.5. The number of hydrogen-bond acceptors (Lipinski definition) is 4. The second kappa shape index (κ2) is 11.0. The molecule has 2 amide bonds. The summed E-state index contributed by atoms with van der Waals surface area (Å²) in [5.41, 5.74) is -0.260. The molecule has 1 aromatic carbocycles. The van der Waals surface area contributed by atoms with Gasteiger partial charge in [-0.05, 0) is 43.9 Å². The van der Waals surface area contributed by atoms with Gasteiger partial charge in [0.05, 0.1) is 5.41 Å². The number of carboxylic acids is 2. The van der Waals surface area contributed by atoms with Crippen LogP contribution in [0.2, 0.25) is 5.02 Å². The Morgan fingerprint density at radius 3 is 2.10 bits per heavy atom. The van der Waals surface area contributed by atoms with Crippen LogP contribution in [-0.2, 0) is 24.6 Å². The van der Waals surface area contributed by atoms with Crippen LogP contribution in [0.15, 0.2) is 24.3 Å². The quantitative estimate of drug-likeness (QED) is 0.418. The van der Waals surface area contributed by atoms with Gasteiger partial charge < -0.3 is 20.8 Å². The Balaban J connectivity index is 3.01. The van der Waals surface area contributed by atoms with Crippen LogP contribution in [0.1, 0.15) is 52.5 Å². The van der Waals surface area contributed by atoms with Gasteiger partial charge in [0.2, 0.25) is 11.8 Å². The van der Waals surface area contributed by atoms with Crippen LogP contribution in [-0.4, -0.2) is 46.0 Å². The second-order valence-corrected chi connectivity index (χ2v) is 8.24. The van der Waals surface area contributed by atoms with Crippen LogP contribution in [0.3, 0.4) is 0 Å². The van der Waals surface area contributed by atoms with E-state index in [0.29, 0.717) is 17.0 Å². The number of carbonyl (C=O) groups is 4. The smallest absolute Gasteiger partial charge is 0.326 e. The van der Waals surface area contributed by atoms with E-state index in [4.69, 9.17) is 16.7 Å². The van der Waals surface area contributed by atoms with Gasteiger partial charge in [0, 0.05) is 11.4 Å². The van der Waals surface area contributed by atoms with E-state index < -0.39 is 47.7 Å². The average Bonchev–Trinajstić information content (AvgIpc) is 2.68. The zero-order chi connectivity index (χ0) is 23.1. The summed E-state index contributed by atoms with van der Waals surface area (Å²) in [6.07, 6.45) is -0.0956. The Morgan fingerprint density at radius 2 is 1.63 bits per heavy atom. The molecule has 0 aromatic heterocycles. The van der Waals surface area contributed by atoms with E-state index in [1.807, 2.05) is 6.92 Å². The number of rotatable bonds is 11. The van der Waals surface area contributed by atoms with Crippen LogP contribution >= 0.6 is 11.6 Å². The van der Waals surface area contributed by atoms with E-state index in [2.05, 4.69) is 10.6 Å². The van der Waals surface area contributed by atoms with Crippen molar-refractivity contribution in [2.45, 2.75) is 64.5 Å². The molecule has 0 unspecified atom stereocenters. The van der Waals surface area contributed by atoms with E-state index in [1.54, 1.807) is 45.0 Å². The third-order valence-electron chi connectivity index (χ3n) is 5.18. The lowest BCUT2D eigenvalue weighted by Gasteiger charge is -2.30. The van der Waals surface area contributed by atoms with Crippen molar-refractivity contribution in [2.24, 2.45) is 5.92 Å². The number of carboxylic acid groups (broad SMARTS) is 2. The van der Waals surface area contributed by atoms with Crippen molar-refractivity contribution in [1.82, 2.24) is 10.6 Å². The minimum atomic E-state index is -1.36. The third-order valence-corrected chi connectivity index (χ3v) is 5.43. The fraction of sp³-hybridized carbons (Fsp3) is 0.524. The third kappa shape index (κ3) is 7.02. The van der Waals surface area contributed by atoms with Crippen molar-refractivity contribution in [3.05, 3.63) is 34.9 Å². The van der Waals surface area contributed by atoms with Gasteiger partial charge in [0.25, 0.3) is 0 Å².